The van der Waals surface area contributed by atoms with E-state index < -0.39 is 5.60 Å². The van der Waals surface area contributed by atoms with Crippen molar-refractivity contribution in [3.05, 3.63) is 28.5 Å². The van der Waals surface area contributed by atoms with Gasteiger partial charge < -0.3 is 25.1 Å². The summed E-state index contributed by atoms with van der Waals surface area (Å²) >= 11 is 6.23. The normalized spacial score (nSPS) is 23.2. The minimum Gasteiger partial charge on any atom is -0.460 e. The van der Waals surface area contributed by atoms with Crippen molar-refractivity contribution >= 4 is 40.3 Å². The Hall–Kier alpha value is -2.41. The number of nitrogens with two attached hydrogens (primary N) is 1. The number of benzene rings is 1. The molecule has 0 spiro atoms. The Kier molecular flexibility index (Phi) is 4.92. The van der Waals surface area contributed by atoms with Crippen LogP contribution < -0.4 is 11.1 Å². The van der Waals surface area contributed by atoms with Gasteiger partial charge >= 0.3 is 6.09 Å². The topological polar surface area (TPSA) is 97.8 Å². The van der Waals surface area contributed by atoms with Crippen molar-refractivity contribution in [3.8, 4) is 0 Å². The number of piperidine rings is 1. The maximum absolute atomic E-state index is 12.9. The maximum Gasteiger partial charge on any atom is 0.410 e. The highest BCUT2D eigenvalue weighted by Crippen LogP contribution is 2.57. The first-order valence-electron chi connectivity index (χ1n) is 10.2. The first kappa shape index (κ1) is 20.8. The molecular formula is C22H28ClN3O4. The molecule has 0 radical (unpaired) electrons. The Balaban J connectivity index is 1.40. The molecule has 1 aromatic carbocycles. The van der Waals surface area contributed by atoms with Crippen LogP contribution in [-0.2, 0) is 4.74 Å². The van der Waals surface area contributed by atoms with E-state index in [2.05, 4.69) is 5.32 Å². The lowest BCUT2D eigenvalue weighted by atomic mass is 9.95. The van der Waals surface area contributed by atoms with E-state index in [-0.39, 0.29) is 17.4 Å². The van der Waals surface area contributed by atoms with Gasteiger partial charge in [0, 0.05) is 25.0 Å². The van der Waals surface area contributed by atoms with Crippen LogP contribution in [0.1, 0.15) is 49.7 Å². The highest BCUT2D eigenvalue weighted by atomic mass is 35.5. The Morgan fingerprint density at radius 3 is 2.80 bits per heavy atom. The molecule has 2 amide bonds. The van der Waals surface area contributed by atoms with E-state index in [4.69, 9.17) is 26.5 Å². The molecule has 2 aromatic rings. The number of nitrogens with one attached hydrogen (secondary N) is 1. The van der Waals surface area contributed by atoms with E-state index in [0.29, 0.717) is 58.6 Å². The van der Waals surface area contributed by atoms with Crippen LogP contribution in [0.3, 0.4) is 0 Å². The van der Waals surface area contributed by atoms with E-state index in [9.17, 15) is 9.59 Å². The van der Waals surface area contributed by atoms with Crippen molar-refractivity contribution in [2.45, 2.75) is 46.1 Å². The summed E-state index contributed by atoms with van der Waals surface area (Å²) in [4.78, 5) is 27.0. The minimum absolute atomic E-state index is 0.0456. The molecule has 1 aliphatic carbocycles. The summed E-state index contributed by atoms with van der Waals surface area (Å²) in [6, 6.07) is 3.35. The second-order valence-corrected chi connectivity index (χ2v) is 9.95. The second kappa shape index (κ2) is 7.08. The lowest BCUT2D eigenvalue weighted by molar-refractivity contribution is 0.0176. The summed E-state index contributed by atoms with van der Waals surface area (Å²) in [6.45, 7) is 9.27. The van der Waals surface area contributed by atoms with E-state index in [0.717, 1.165) is 12.8 Å². The van der Waals surface area contributed by atoms with Crippen LogP contribution >= 0.6 is 11.6 Å². The molecule has 30 heavy (non-hydrogen) atoms. The molecule has 2 atom stereocenters. The molecule has 2 fully saturated rings. The SMILES string of the molecule is Cc1cc2c(N)c(Cl)cc(C(=O)NCC34CCN(C(=O)OC(C)(C)C)CC3C4)c2o1. The fraction of sp³-hybridized carbons (Fsp3) is 0.545. The number of carbonyl (C=O) groups is 2. The molecule has 1 saturated heterocycles. The summed E-state index contributed by atoms with van der Waals surface area (Å²) < 4.78 is 11.2. The summed E-state index contributed by atoms with van der Waals surface area (Å²) in [7, 11) is 0. The number of nitrogens with zero attached hydrogens (tertiary/aromatic N) is 1. The van der Waals surface area contributed by atoms with Gasteiger partial charge in [0.25, 0.3) is 5.91 Å². The van der Waals surface area contributed by atoms with Gasteiger partial charge in [0.1, 0.15) is 16.9 Å². The molecular weight excluding hydrogens is 406 g/mol. The molecule has 1 aromatic heterocycles. The van der Waals surface area contributed by atoms with Gasteiger partial charge in [-0.15, -0.1) is 0 Å². The highest BCUT2D eigenvalue weighted by molar-refractivity contribution is 6.35. The number of amides is 2. The van der Waals surface area contributed by atoms with Gasteiger partial charge in [0.05, 0.1) is 16.3 Å². The molecule has 7 nitrogen and oxygen atoms in total. The lowest BCUT2D eigenvalue weighted by Crippen LogP contribution is -2.44. The van der Waals surface area contributed by atoms with E-state index >= 15 is 0 Å². The first-order valence-corrected chi connectivity index (χ1v) is 10.6. The van der Waals surface area contributed by atoms with Crippen molar-refractivity contribution in [1.29, 1.82) is 0 Å². The first-order chi connectivity index (χ1) is 14.0. The minimum atomic E-state index is -0.501. The predicted molar refractivity (Wildman–Crippen MR) is 116 cm³/mol. The van der Waals surface area contributed by atoms with Gasteiger partial charge in [-0.25, -0.2) is 4.79 Å². The average Bonchev–Trinajstić information content (AvgIpc) is 3.25. The van der Waals surface area contributed by atoms with Crippen LogP contribution in [0.4, 0.5) is 10.5 Å². The molecule has 3 N–H and O–H groups in total. The van der Waals surface area contributed by atoms with Gasteiger partial charge in [-0.05, 0) is 64.0 Å². The number of halogens is 1. The number of carbonyl (C=O) groups excluding carboxylic acids is 2. The lowest BCUT2D eigenvalue weighted by Gasteiger charge is -2.33. The molecule has 0 bridgehead atoms. The van der Waals surface area contributed by atoms with Crippen LogP contribution in [0, 0.1) is 18.3 Å². The molecule has 4 rings (SSSR count). The van der Waals surface area contributed by atoms with Crippen LogP contribution in [0.25, 0.3) is 11.0 Å². The number of likely N-dealkylation sites (tertiary alicyclic amines) is 1. The van der Waals surface area contributed by atoms with Crippen LogP contribution in [0.5, 0.6) is 0 Å². The number of furan rings is 1. The molecule has 162 valence electrons. The number of fused-ring (bicyclic) bond motifs is 2. The number of hydrogen-bond donors (Lipinski definition) is 2. The van der Waals surface area contributed by atoms with E-state index in [1.54, 1.807) is 24.0 Å². The number of hydrogen-bond acceptors (Lipinski definition) is 5. The number of anilines is 1. The summed E-state index contributed by atoms with van der Waals surface area (Å²) in [5, 5.41) is 4.03. The number of ether oxygens (including phenoxy) is 1. The highest BCUT2D eigenvalue weighted by Gasteiger charge is 2.57. The van der Waals surface area contributed by atoms with Gasteiger partial charge in [-0.3, -0.25) is 4.79 Å². The van der Waals surface area contributed by atoms with Crippen molar-refractivity contribution in [2.75, 3.05) is 25.4 Å². The number of rotatable bonds is 3. The third-order valence-corrected chi connectivity index (χ3v) is 6.41. The zero-order valence-electron chi connectivity index (χ0n) is 17.8. The third-order valence-electron chi connectivity index (χ3n) is 6.09. The molecule has 8 heteroatoms. The summed E-state index contributed by atoms with van der Waals surface area (Å²) in [5.41, 5.74) is 6.83. The fourth-order valence-corrected chi connectivity index (χ4v) is 4.55. The summed E-state index contributed by atoms with van der Waals surface area (Å²) in [5.74, 6) is 0.814. The third kappa shape index (κ3) is 3.83. The zero-order chi connectivity index (χ0) is 21.8. The quantitative estimate of drug-likeness (QED) is 0.701. The number of nitrogen functional groups attached to an aromatic ring is 1. The fourth-order valence-electron chi connectivity index (χ4n) is 4.34. The Morgan fingerprint density at radius 2 is 2.13 bits per heavy atom. The van der Waals surface area contributed by atoms with E-state index in [1.165, 1.54) is 0 Å². The summed E-state index contributed by atoms with van der Waals surface area (Å²) in [6.07, 6.45) is 1.57. The van der Waals surface area contributed by atoms with Gasteiger partial charge in [-0.2, -0.15) is 0 Å². The van der Waals surface area contributed by atoms with Crippen LogP contribution in [0.15, 0.2) is 16.5 Å². The monoisotopic (exact) mass is 433 g/mol. The van der Waals surface area contributed by atoms with Gasteiger partial charge in [0.2, 0.25) is 0 Å². The second-order valence-electron chi connectivity index (χ2n) is 9.54. The van der Waals surface area contributed by atoms with Crippen molar-refractivity contribution in [3.63, 3.8) is 0 Å². The van der Waals surface area contributed by atoms with Gasteiger partial charge in [-0.1, -0.05) is 11.6 Å². The van der Waals surface area contributed by atoms with Gasteiger partial charge in [0.15, 0.2) is 0 Å². The van der Waals surface area contributed by atoms with Crippen molar-refractivity contribution in [1.82, 2.24) is 10.2 Å². The molecule has 2 unspecified atom stereocenters. The van der Waals surface area contributed by atoms with Crippen LogP contribution in [-0.4, -0.2) is 42.1 Å². The van der Waals surface area contributed by atoms with E-state index in [1.807, 2.05) is 20.8 Å². The Morgan fingerprint density at radius 1 is 1.40 bits per heavy atom. The van der Waals surface area contributed by atoms with Crippen LogP contribution in [0.2, 0.25) is 5.02 Å². The Labute approximate surface area is 180 Å². The average molecular weight is 434 g/mol. The molecule has 1 saturated carbocycles. The Bertz CT molecular complexity index is 1030. The van der Waals surface area contributed by atoms with Crippen molar-refractivity contribution < 1.29 is 18.7 Å². The predicted octanol–water partition coefficient (Wildman–Crippen LogP) is 4.35. The van der Waals surface area contributed by atoms with Crippen molar-refractivity contribution in [2.24, 2.45) is 11.3 Å². The molecule has 1 aliphatic heterocycles. The smallest absolute Gasteiger partial charge is 0.410 e. The molecule has 2 aliphatic rings. The molecule has 2 heterocycles. The largest absolute Gasteiger partial charge is 0.460 e. The maximum atomic E-state index is 12.9. The zero-order valence-corrected chi connectivity index (χ0v) is 18.6. The standard InChI is InChI=1S/C22H28ClN3O4/c1-12-7-14-17(24)16(23)8-15(18(14)29-12)19(27)25-11-22-5-6-26(10-13(22)9-22)20(28)30-21(2,3)4/h7-8,13H,5-6,9-11,24H2,1-4H3,(H,25,27). The number of aryl methyl sites for hydroxylation is 1.